The summed E-state index contributed by atoms with van der Waals surface area (Å²) in [6.45, 7) is -0.963. The molecule has 0 atom stereocenters. The van der Waals surface area contributed by atoms with E-state index in [4.69, 9.17) is 9.15 Å². The van der Waals surface area contributed by atoms with Crippen molar-refractivity contribution in [3.8, 4) is 11.5 Å². The number of hydrogen-bond acceptors (Lipinski definition) is 5. The van der Waals surface area contributed by atoms with E-state index in [0.717, 1.165) is 10.9 Å². The van der Waals surface area contributed by atoms with Gasteiger partial charge < -0.3 is 13.9 Å². The van der Waals surface area contributed by atoms with Crippen LogP contribution in [0.25, 0.3) is 17.0 Å². The molecule has 2 aromatic carbocycles. The Kier molecular flexibility index (Phi) is 5.84. The van der Waals surface area contributed by atoms with Crippen molar-refractivity contribution >= 4 is 23.0 Å². The normalized spacial score (nSPS) is 11.3. The van der Waals surface area contributed by atoms with E-state index in [1.807, 2.05) is 6.92 Å². The quantitative estimate of drug-likeness (QED) is 0.269. The van der Waals surface area contributed by atoms with Crippen LogP contribution in [0.15, 0.2) is 63.8 Å². The minimum Gasteiger partial charge on any atom is -0.435 e. The number of ether oxygens (including phenoxy) is 2. The first kappa shape index (κ1) is 19.3. The van der Waals surface area contributed by atoms with Gasteiger partial charge >= 0.3 is 18.2 Å². The fourth-order valence-electron chi connectivity index (χ4n) is 2.64. The molecule has 0 aliphatic carbocycles. The van der Waals surface area contributed by atoms with E-state index in [0.29, 0.717) is 17.6 Å². The molecule has 5 nitrogen and oxygen atoms in total. The Morgan fingerprint density at radius 1 is 1.11 bits per heavy atom. The van der Waals surface area contributed by atoms with Gasteiger partial charge in [0.25, 0.3) is 0 Å². The number of fused-ring (bicyclic) bond motifs is 1. The SMILES string of the molecule is CCc1cc(=O)oc2cc(OC(=O)/C=C/c3ccc(OC(F)F)cc3)ccc12. The molecule has 0 N–H and O–H groups in total. The van der Waals surface area contributed by atoms with Crippen LogP contribution in [0.2, 0.25) is 0 Å². The summed E-state index contributed by atoms with van der Waals surface area (Å²) in [6, 6.07) is 12.1. The smallest absolute Gasteiger partial charge is 0.387 e. The molecule has 1 heterocycles. The number of carbonyl (C=O) groups is 1. The Bertz CT molecular complexity index is 1070. The zero-order valence-corrected chi connectivity index (χ0v) is 14.9. The number of carbonyl (C=O) groups excluding carboxylic acids is 1. The molecule has 0 saturated carbocycles. The molecule has 3 aromatic rings. The molecule has 0 unspecified atom stereocenters. The molecule has 144 valence electrons. The second-order valence-corrected chi connectivity index (χ2v) is 5.80. The summed E-state index contributed by atoms with van der Waals surface area (Å²) < 4.78 is 38.9. The van der Waals surface area contributed by atoms with Crippen LogP contribution in [-0.2, 0) is 11.2 Å². The zero-order valence-electron chi connectivity index (χ0n) is 14.9. The summed E-state index contributed by atoms with van der Waals surface area (Å²) in [4.78, 5) is 23.6. The number of esters is 1. The third kappa shape index (κ3) is 4.82. The largest absolute Gasteiger partial charge is 0.435 e. The summed E-state index contributed by atoms with van der Waals surface area (Å²) in [7, 11) is 0. The Morgan fingerprint density at radius 2 is 1.82 bits per heavy atom. The summed E-state index contributed by atoms with van der Waals surface area (Å²) in [5.41, 5.74) is 1.33. The highest BCUT2D eigenvalue weighted by Crippen LogP contribution is 2.23. The van der Waals surface area contributed by atoms with Gasteiger partial charge in [0.05, 0.1) is 0 Å². The molecule has 0 spiro atoms. The predicted octanol–water partition coefficient (Wildman–Crippen LogP) is 4.58. The molecule has 0 fully saturated rings. The molecular formula is C21H16F2O5. The molecule has 7 heteroatoms. The van der Waals surface area contributed by atoms with E-state index >= 15 is 0 Å². The molecule has 3 rings (SSSR count). The standard InChI is InChI=1S/C21H16F2O5/c1-2-14-11-20(25)28-18-12-16(8-9-17(14)18)26-19(24)10-5-13-3-6-15(7-4-13)27-21(22)23/h3-12,21H,2H2,1H3/b10-5+. The summed E-state index contributed by atoms with van der Waals surface area (Å²) >= 11 is 0. The van der Waals surface area contributed by atoms with Crippen LogP contribution in [0.5, 0.6) is 11.5 Å². The van der Waals surface area contributed by atoms with Crippen LogP contribution in [-0.4, -0.2) is 12.6 Å². The summed E-state index contributed by atoms with van der Waals surface area (Å²) in [6.07, 6.45) is 3.35. The zero-order chi connectivity index (χ0) is 20.1. The minimum atomic E-state index is -2.89. The Balaban J connectivity index is 1.70. The van der Waals surface area contributed by atoms with Crippen LogP contribution in [0, 0.1) is 0 Å². The molecule has 0 radical (unpaired) electrons. The van der Waals surface area contributed by atoms with Crippen LogP contribution in [0.4, 0.5) is 8.78 Å². The molecule has 1 aromatic heterocycles. The lowest BCUT2D eigenvalue weighted by molar-refractivity contribution is -0.128. The van der Waals surface area contributed by atoms with Crippen molar-refractivity contribution in [1.82, 2.24) is 0 Å². The molecule has 0 bridgehead atoms. The van der Waals surface area contributed by atoms with Crippen LogP contribution in [0.1, 0.15) is 18.1 Å². The van der Waals surface area contributed by atoms with Gasteiger partial charge in [0.15, 0.2) is 0 Å². The molecule has 28 heavy (non-hydrogen) atoms. The average Bonchev–Trinajstić information content (AvgIpc) is 2.66. The maximum absolute atomic E-state index is 12.1. The van der Waals surface area contributed by atoms with Gasteiger partial charge in [-0.25, -0.2) is 9.59 Å². The third-order valence-electron chi connectivity index (χ3n) is 3.92. The second-order valence-electron chi connectivity index (χ2n) is 5.80. The number of alkyl halides is 2. The summed E-state index contributed by atoms with van der Waals surface area (Å²) in [5.74, 6) is -0.376. The van der Waals surface area contributed by atoms with Gasteiger partial charge in [-0.3, -0.25) is 0 Å². The Morgan fingerprint density at radius 3 is 2.50 bits per heavy atom. The van der Waals surface area contributed by atoms with E-state index in [-0.39, 0.29) is 11.5 Å². The average molecular weight is 386 g/mol. The van der Waals surface area contributed by atoms with Crippen molar-refractivity contribution in [2.24, 2.45) is 0 Å². The van der Waals surface area contributed by atoms with Gasteiger partial charge in [0, 0.05) is 23.6 Å². The number of halogens is 2. The predicted molar refractivity (Wildman–Crippen MR) is 99.6 cm³/mol. The number of aryl methyl sites for hydroxylation is 1. The molecule has 0 aliphatic heterocycles. The lowest BCUT2D eigenvalue weighted by atomic mass is 10.1. The highest BCUT2D eigenvalue weighted by molar-refractivity contribution is 5.89. The number of rotatable bonds is 6. The van der Waals surface area contributed by atoms with Crippen molar-refractivity contribution in [1.29, 1.82) is 0 Å². The fourth-order valence-corrected chi connectivity index (χ4v) is 2.64. The molecule has 0 amide bonds. The van der Waals surface area contributed by atoms with E-state index in [1.54, 1.807) is 12.1 Å². The lowest BCUT2D eigenvalue weighted by Gasteiger charge is -2.05. The van der Waals surface area contributed by atoms with E-state index in [2.05, 4.69) is 4.74 Å². The van der Waals surface area contributed by atoms with Crippen molar-refractivity contribution in [3.63, 3.8) is 0 Å². The van der Waals surface area contributed by atoms with Crippen LogP contribution < -0.4 is 15.1 Å². The van der Waals surface area contributed by atoms with Gasteiger partial charge in [0.1, 0.15) is 17.1 Å². The first-order valence-corrected chi connectivity index (χ1v) is 8.46. The van der Waals surface area contributed by atoms with Gasteiger partial charge in [-0.15, -0.1) is 0 Å². The van der Waals surface area contributed by atoms with Gasteiger partial charge in [0.2, 0.25) is 0 Å². The molecular weight excluding hydrogens is 370 g/mol. The van der Waals surface area contributed by atoms with E-state index in [1.165, 1.54) is 48.6 Å². The van der Waals surface area contributed by atoms with Crippen LogP contribution in [0.3, 0.4) is 0 Å². The van der Waals surface area contributed by atoms with Crippen molar-refractivity contribution in [3.05, 3.63) is 76.2 Å². The fraction of sp³-hybridized carbons (Fsp3) is 0.143. The van der Waals surface area contributed by atoms with E-state index in [9.17, 15) is 18.4 Å². The maximum atomic E-state index is 12.1. The summed E-state index contributed by atoms with van der Waals surface area (Å²) in [5, 5.41) is 0.781. The van der Waals surface area contributed by atoms with Crippen LogP contribution >= 0.6 is 0 Å². The first-order chi connectivity index (χ1) is 13.4. The topological polar surface area (TPSA) is 65.7 Å². The van der Waals surface area contributed by atoms with Gasteiger partial charge in [-0.2, -0.15) is 8.78 Å². The van der Waals surface area contributed by atoms with Crippen molar-refractivity contribution in [2.45, 2.75) is 20.0 Å². The first-order valence-electron chi connectivity index (χ1n) is 8.46. The lowest BCUT2D eigenvalue weighted by Crippen LogP contribution is -2.04. The van der Waals surface area contributed by atoms with Gasteiger partial charge in [-0.05, 0) is 47.9 Å². The maximum Gasteiger partial charge on any atom is 0.387 e. The Labute approximate surface area is 158 Å². The Hall–Kier alpha value is -3.48. The molecule has 0 saturated heterocycles. The number of benzene rings is 2. The minimum absolute atomic E-state index is 0.0267. The molecule has 0 aliphatic rings. The highest BCUT2D eigenvalue weighted by atomic mass is 19.3. The number of hydrogen-bond donors (Lipinski definition) is 0. The highest BCUT2D eigenvalue weighted by Gasteiger charge is 2.08. The monoisotopic (exact) mass is 386 g/mol. The van der Waals surface area contributed by atoms with Gasteiger partial charge in [-0.1, -0.05) is 19.1 Å². The second kappa shape index (κ2) is 8.47. The van der Waals surface area contributed by atoms with E-state index < -0.39 is 18.2 Å². The van der Waals surface area contributed by atoms with Crippen molar-refractivity contribution < 1.29 is 27.5 Å². The van der Waals surface area contributed by atoms with Crippen molar-refractivity contribution in [2.75, 3.05) is 0 Å². The third-order valence-corrected chi connectivity index (χ3v) is 3.92.